The number of amides is 1. The van der Waals surface area contributed by atoms with Crippen LogP contribution in [0.3, 0.4) is 0 Å². The number of halogens is 2. The molecule has 1 aliphatic heterocycles. The summed E-state index contributed by atoms with van der Waals surface area (Å²) in [6, 6.07) is -0.141. The SMILES string of the molecule is CC(=O)N1COC(=C(Cl)Cl)[C@@H]1C(C)C. The number of hydrogen-bond donors (Lipinski definition) is 0. The van der Waals surface area contributed by atoms with Gasteiger partial charge in [-0.25, -0.2) is 0 Å². The molecule has 1 fully saturated rings. The van der Waals surface area contributed by atoms with Gasteiger partial charge < -0.3 is 4.74 Å². The summed E-state index contributed by atoms with van der Waals surface area (Å²) in [5.74, 6) is 0.690. The Morgan fingerprint density at radius 3 is 2.50 bits per heavy atom. The summed E-state index contributed by atoms with van der Waals surface area (Å²) in [7, 11) is 0. The molecule has 1 heterocycles. The van der Waals surface area contributed by atoms with Crippen LogP contribution in [0.5, 0.6) is 0 Å². The van der Waals surface area contributed by atoms with E-state index in [1.54, 1.807) is 4.90 Å². The highest BCUT2D eigenvalue weighted by molar-refractivity contribution is 6.56. The minimum Gasteiger partial charge on any atom is -0.473 e. The quantitative estimate of drug-likeness (QED) is 0.702. The van der Waals surface area contributed by atoms with Crippen LogP contribution in [0, 0.1) is 5.92 Å². The fourth-order valence-corrected chi connectivity index (χ4v) is 1.89. The van der Waals surface area contributed by atoms with E-state index in [0.29, 0.717) is 5.76 Å². The molecule has 0 radical (unpaired) electrons. The molecule has 1 saturated heterocycles. The molecule has 0 N–H and O–H groups in total. The third-order valence-electron chi connectivity index (χ3n) is 2.19. The van der Waals surface area contributed by atoms with Gasteiger partial charge in [-0.2, -0.15) is 0 Å². The molecule has 80 valence electrons. The van der Waals surface area contributed by atoms with Crippen LogP contribution < -0.4 is 0 Å². The van der Waals surface area contributed by atoms with Gasteiger partial charge in [0.1, 0.15) is 4.49 Å². The third kappa shape index (κ3) is 2.15. The van der Waals surface area contributed by atoms with Gasteiger partial charge in [0, 0.05) is 6.92 Å². The molecule has 14 heavy (non-hydrogen) atoms. The van der Waals surface area contributed by atoms with Crippen LogP contribution in [-0.2, 0) is 9.53 Å². The first-order valence-corrected chi connectivity index (χ1v) is 5.16. The number of rotatable bonds is 1. The summed E-state index contributed by atoms with van der Waals surface area (Å²) in [5, 5.41) is 0. The molecule has 3 nitrogen and oxygen atoms in total. The average Bonchev–Trinajstić information content (AvgIpc) is 2.46. The largest absolute Gasteiger partial charge is 0.473 e. The molecular formula is C9H13Cl2NO2. The zero-order valence-corrected chi connectivity index (χ0v) is 9.89. The molecule has 0 aromatic carbocycles. The summed E-state index contributed by atoms with van der Waals surface area (Å²) < 4.78 is 5.39. The standard InChI is InChI=1S/C9H13Cl2NO2/c1-5(2)7-8(9(10)11)14-4-12(7)6(3)13/h5,7H,4H2,1-3H3/t7-/m0/s1. The van der Waals surface area contributed by atoms with E-state index in [-0.39, 0.29) is 29.1 Å². The van der Waals surface area contributed by atoms with Crippen molar-refractivity contribution in [2.75, 3.05) is 6.73 Å². The van der Waals surface area contributed by atoms with Gasteiger partial charge in [-0.1, -0.05) is 37.0 Å². The van der Waals surface area contributed by atoms with Crippen molar-refractivity contribution in [1.29, 1.82) is 0 Å². The van der Waals surface area contributed by atoms with Crippen LogP contribution in [0.4, 0.5) is 0 Å². The monoisotopic (exact) mass is 237 g/mol. The van der Waals surface area contributed by atoms with Gasteiger partial charge in [0.25, 0.3) is 0 Å². The van der Waals surface area contributed by atoms with E-state index >= 15 is 0 Å². The van der Waals surface area contributed by atoms with Crippen LogP contribution in [0.1, 0.15) is 20.8 Å². The summed E-state index contributed by atoms with van der Waals surface area (Å²) in [5.41, 5.74) is 0. The van der Waals surface area contributed by atoms with E-state index in [2.05, 4.69) is 0 Å². The minimum absolute atomic E-state index is 0.0340. The molecular weight excluding hydrogens is 225 g/mol. The smallest absolute Gasteiger partial charge is 0.222 e. The van der Waals surface area contributed by atoms with Gasteiger partial charge >= 0.3 is 0 Å². The van der Waals surface area contributed by atoms with Gasteiger partial charge in [0.05, 0.1) is 6.04 Å². The van der Waals surface area contributed by atoms with Gasteiger partial charge in [-0.05, 0) is 5.92 Å². The number of nitrogens with zero attached hydrogens (tertiary/aromatic N) is 1. The van der Waals surface area contributed by atoms with Crippen molar-refractivity contribution in [1.82, 2.24) is 4.90 Å². The maximum Gasteiger partial charge on any atom is 0.222 e. The molecule has 0 saturated carbocycles. The van der Waals surface area contributed by atoms with Crippen LogP contribution >= 0.6 is 23.2 Å². The predicted octanol–water partition coefficient (Wildman–Crippen LogP) is 2.49. The second kappa shape index (κ2) is 4.41. The molecule has 0 spiro atoms. The van der Waals surface area contributed by atoms with Crippen molar-refractivity contribution < 1.29 is 9.53 Å². The van der Waals surface area contributed by atoms with Crippen molar-refractivity contribution in [3.63, 3.8) is 0 Å². The Labute approximate surface area is 93.6 Å². The van der Waals surface area contributed by atoms with Crippen molar-refractivity contribution in [3.8, 4) is 0 Å². The van der Waals surface area contributed by atoms with Gasteiger partial charge in [0.15, 0.2) is 12.5 Å². The number of hydrogen-bond acceptors (Lipinski definition) is 2. The van der Waals surface area contributed by atoms with E-state index in [9.17, 15) is 4.79 Å². The Bertz CT molecular complexity index is 272. The Kier molecular flexibility index (Phi) is 3.67. The molecule has 0 unspecified atom stereocenters. The van der Waals surface area contributed by atoms with Crippen LogP contribution in [0.2, 0.25) is 0 Å². The molecule has 1 amide bonds. The highest BCUT2D eigenvalue weighted by atomic mass is 35.5. The van der Waals surface area contributed by atoms with Crippen molar-refractivity contribution in [2.45, 2.75) is 26.8 Å². The first-order chi connectivity index (χ1) is 6.45. The topological polar surface area (TPSA) is 29.5 Å². The fraction of sp³-hybridized carbons (Fsp3) is 0.667. The first kappa shape index (κ1) is 11.7. The second-order valence-corrected chi connectivity index (χ2v) is 4.53. The number of carbonyl (C=O) groups excluding carboxylic acids is 1. The Balaban J connectivity index is 2.97. The zero-order valence-electron chi connectivity index (χ0n) is 8.38. The zero-order chi connectivity index (χ0) is 10.9. The first-order valence-electron chi connectivity index (χ1n) is 4.40. The lowest BCUT2D eigenvalue weighted by atomic mass is 10.0. The lowest BCUT2D eigenvalue weighted by Crippen LogP contribution is -2.37. The molecule has 5 heteroatoms. The second-order valence-electron chi connectivity index (χ2n) is 3.58. The lowest BCUT2D eigenvalue weighted by Gasteiger charge is -2.23. The molecule has 0 aromatic heterocycles. The van der Waals surface area contributed by atoms with E-state index in [0.717, 1.165) is 0 Å². The van der Waals surface area contributed by atoms with Crippen molar-refractivity contribution >= 4 is 29.1 Å². The minimum atomic E-state index is -0.141. The third-order valence-corrected chi connectivity index (χ3v) is 2.56. The number of ether oxygens (including phenoxy) is 1. The van der Waals surface area contributed by atoms with Crippen LogP contribution in [-0.4, -0.2) is 23.6 Å². The maximum absolute atomic E-state index is 11.3. The molecule has 0 aromatic rings. The van der Waals surface area contributed by atoms with E-state index in [1.807, 2.05) is 13.8 Å². The summed E-state index contributed by atoms with van der Waals surface area (Å²) in [6.45, 7) is 5.72. The fourth-order valence-electron chi connectivity index (χ4n) is 1.56. The van der Waals surface area contributed by atoms with E-state index in [1.165, 1.54) is 6.92 Å². The van der Waals surface area contributed by atoms with Gasteiger partial charge in [-0.15, -0.1) is 0 Å². The summed E-state index contributed by atoms with van der Waals surface area (Å²) in [6.07, 6.45) is 0. The van der Waals surface area contributed by atoms with Crippen LogP contribution in [0.25, 0.3) is 0 Å². The predicted molar refractivity (Wildman–Crippen MR) is 55.8 cm³/mol. The molecule has 0 bridgehead atoms. The van der Waals surface area contributed by atoms with Crippen molar-refractivity contribution in [3.05, 3.63) is 10.3 Å². The molecule has 0 aliphatic carbocycles. The Hall–Kier alpha value is -0.410. The van der Waals surface area contributed by atoms with Crippen LogP contribution in [0.15, 0.2) is 10.3 Å². The Morgan fingerprint density at radius 1 is 1.57 bits per heavy atom. The van der Waals surface area contributed by atoms with Crippen molar-refractivity contribution in [2.24, 2.45) is 5.92 Å². The van der Waals surface area contributed by atoms with E-state index < -0.39 is 0 Å². The molecule has 1 aliphatic rings. The van der Waals surface area contributed by atoms with Gasteiger partial charge in [0.2, 0.25) is 5.91 Å². The van der Waals surface area contributed by atoms with Gasteiger partial charge in [-0.3, -0.25) is 9.69 Å². The maximum atomic E-state index is 11.3. The normalized spacial score (nSPS) is 21.4. The molecule has 1 rings (SSSR count). The highest BCUT2D eigenvalue weighted by Crippen LogP contribution is 2.32. The lowest BCUT2D eigenvalue weighted by molar-refractivity contribution is -0.131. The Morgan fingerprint density at radius 2 is 2.14 bits per heavy atom. The van der Waals surface area contributed by atoms with E-state index in [4.69, 9.17) is 27.9 Å². The average molecular weight is 238 g/mol. The summed E-state index contributed by atoms with van der Waals surface area (Å²) in [4.78, 5) is 12.9. The summed E-state index contributed by atoms with van der Waals surface area (Å²) >= 11 is 11.3. The number of carbonyl (C=O) groups is 1. The highest BCUT2D eigenvalue weighted by Gasteiger charge is 2.36. The molecule has 1 atom stereocenters.